The zero-order chi connectivity index (χ0) is 16.4. The van der Waals surface area contributed by atoms with E-state index in [-0.39, 0.29) is 0 Å². The van der Waals surface area contributed by atoms with Crippen LogP contribution in [0.5, 0.6) is 17.2 Å². The van der Waals surface area contributed by atoms with E-state index in [0.29, 0.717) is 28.7 Å². The number of para-hydroxylation sites is 1. The highest BCUT2D eigenvalue weighted by Gasteiger charge is 2.30. The first-order chi connectivity index (χ1) is 11.1. The monoisotopic (exact) mass is 334 g/mol. The first-order valence-corrected chi connectivity index (χ1v) is 7.36. The van der Waals surface area contributed by atoms with Crippen molar-refractivity contribution in [3.63, 3.8) is 0 Å². The van der Waals surface area contributed by atoms with Crippen LogP contribution in [0.4, 0.5) is 0 Å². The number of methoxy groups -OCH3 is 2. The second kappa shape index (κ2) is 6.38. The molecule has 5 nitrogen and oxygen atoms in total. The van der Waals surface area contributed by atoms with Gasteiger partial charge in [0.15, 0.2) is 5.75 Å². The largest absolute Gasteiger partial charge is 0.495 e. The molecule has 0 saturated heterocycles. The molecule has 0 aromatic heterocycles. The number of carbonyl (C=O) groups is 1. The average molecular weight is 335 g/mol. The molecule has 6 heteroatoms. The van der Waals surface area contributed by atoms with E-state index in [0.717, 1.165) is 11.1 Å². The third-order valence-corrected chi connectivity index (χ3v) is 3.93. The Bertz CT molecular complexity index is 744. The first kappa shape index (κ1) is 15.5. The van der Waals surface area contributed by atoms with E-state index >= 15 is 0 Å². The Hall–Kier alpha value is -2.40. The van der Waals surface area contributed by atoms with Crippen molar-refractivity contribution in [1.82, 2.24) is 0 Å². The number of carbonyl (C=O) groups excluding carboxylic acids is 1. The van der Waals surface area contributed by atoms with Crippen LogP contribution in [0.2, 0.25) is 5.02 Å². The van der Waals surface area contributed by atoms with E-state index in [1.807, 2.05) is 24.3 Å². The molecule has 0 fully saturated rings. The molecule has 0 saturated carbocycles. The number of ether oxygens (including phenoxy) is 4. The summed E-state index contributed by atoms with van der Waals surface area (Å²) in [4.78, 5) is 12.0. The fourth-order valence-corrected chi connectivity index (χ4v) is 2.72. The van der Waals surface area contributed by atoms with E-state index in [1.54, 1.807) is 12.1 Å². The molecule has 3 rings (SSSR count). The highest BCUT2D eigenvalue weighted by molar-refractivity contribution is 6.33. The summed E-state index contributed by atoms with van der Waals surface area (Å²) in [6, 6.07) is 11.1. The smallest absolute Gasteiger partial charge is 0.389 e. The summed E-state index contributed by atoms with van der Waals surface area (Å²) in [6.07, 6.45) is -0.687. The van der Waals surface area contributed by atoms with Crippen LogP contribution >= 0.6 is 11.6 Å². The van der Waals surface area contributed by atoms with Gasteiger partial charge in [-0.15, -0.1) is 0 Å². The molecule has 1 unspecified atom stereocenters. The Morgan fingerprint density at radius 3 is 2.65 bits per heavy atom. The number of rotatable bonds is 2. The molecule has 0 spiro atoms. The molecule has 0 N–H and O–H groups in total. The molecular formula is C17H15ClO5. The number of hydrogen-bond donors (Lipinski definition) is 0. The van der Waals surface area contributed by atoms with Gasteiger partial charge in [0, 0.05) is 12.0 Å². The highest BCUT2D eigenvalue weighted by atomic mass is 35.5. The Kier molecular flexibility index (Phi) is 4.30. The van der Waals surface area contributed by atoms with Gasteiger partial charge in [0.05, 0.1) is 14.2 Å². The van der Waals surface area contributed by atoms with Crippen molar-refractivity contribution in [2.45, 2.75) is 12.7 Å². The standard InChI is InChI=1S/C17H15ClO5/c1-20-13-8-7-11-9-10-5-3-4-6-12(10)22-17(16(19)21-2)23-15(11)14(13)18/h3-8,17H,9H2,1-2H3. The maximum Gasteiger partial charge on any atom is 0.389 e. The third kappa shape index (κ3) is 2.92. The predicted molar refractivity (Wildman–Crippen MR) is 84.3 cm³/mol. The van der Waals surface area contributed by atoms with Gasteiger partial charge in [0.25, 0.3) is 0 Å². The molecule has 1 aliphatic rings. The molecule has 2 aromatic rings. The van der Waals surface area contributed by atoms with Crippen molar-refractivity contribution < 1.29 is 23.7 Å². The van der Waals surface area contributed by atoms with Crippen molar-refractivity contribution >= 4 is 17.6 Å². The van der Waals surface area contributed by atoms with Crippen LogP contribution in [0.15, 0.2) is 36.4 Å². The lowest BCUT2D eigenvalue weighted by atomic mass is 10.0. The number of esters is 1. The Balaban J connectivity index is 2.13. The van der Waals surface area contributed by atoms with Crippen LogP contribution in [0.1, 0.15) is 11.1 Å². The molecule has 0 radical (unpaired) electrons. The van der Waals surface area contributed by atoms with E-state index < -0.39 is 12.3 Å². The quantitative estimate of drug-likeness (QED) is 0.789. The number of halogens is 1. The van der Waals surface area contributed by atoms with Crippen LogP contribution in [-0.4, -0.2) is 26.5 Å². The van der Waals surface area contributed by atoms with Crippen LogP contribution in [-0.2, 0) is 16.0 Å². The van der Waals surface area contributed by atoms with Crippen LogP contribution in [0.25, 0.3) is 0 Å². The molecule has 0 amide bonds. The van der Waals surface area contributed by atoms with E-state index in [4.69, 9.17) is 30.5 Å². The molecule has 1 heterocycles. The summed E-state index contributed by atoms with van der Waals surface area (Å²) in [7, 11) is 2.79. The van der Waals surface area contributed by atoms with Crippen molar-refractivity contribution in [3.8, 4) is 17.2 Å². The van der Waals surface area contributed by atoms with E-state index in [2.05, 4.69) is 0 Å². The average Bonchev–Trinajstić information content (AvgIpc) is 2.55. The molecule has 2 aromatic carbocycles. The van der Waals surface area contributed by atoms with Crippen molar-refractivity contribution in [2.75, 3.05) is 14.2 Å². The van der Waals surface area contributed by atoms with Gasteiger partial charge in [-0.05, 0) is 17.7 Å². The number of hydrogen-bond acceptors (Lipinski definition) is 5. The van der Waals surface area contributed by atoms with Gasteiger partial charge in [0.2, 0.25) is 0 Å². The Labute approximate surface area is 138 Å². The SMILES string of the molecule is COC(=O)C1Oc2ccccc2Cc2ccc(OC)c(Cl)c2O1. The lowest BCUT2D eigenvalue weighted by Crippen LogP contribution is -2.35. The Morgan fingerprint density at radius 1 is 1.13 bits per heavy atom. The number of fused-ring (bicyclic) bond motifs is 2. The van der Waals surface area contributed by atoms with Gasteiger partial charge in [-0.25, -0.2) is 4.79 Å². The molecule has 23 heavy (non-hydrogen) atoms. The van der Waals surface area contributed by atoms with Crippen LogP contribution in [0.3, 0.4) is 0 Å². The topological polar surface area (TPSA) is 54.0 Å². The van der Waals surface area contributed by atoms with Gasteiger partial charge in [-0.2, -0.15) is 0 Å². The zero-order valence-electron chi connectivity index (χ0n) is 12.7. The highest BCUT2D eigenvalue weighted by Crippen LogP contribution is 2.40. The Morgan fingerprint density at radius 2 is 1.91 bits per heavy atom. The minimum Gasteiger partial charge on any atom is -0.495 e. The van der Waals surface area contributed by atoms with Crippen LogP contribution in [0, 0.1) is 0 Å². The van der Waals surface area contributed by atoms with Gasteiger partial charge in [-0.1, -0.05) is 35.9 Å². The minimum atomic E-state index is -1.25. The second-order valence-corrected chi connectivity index (χ2v) is 5.32. The molecule has 1 atom stereocenters. The summed E-state index contributed by atoms with van der Waals surface area (Å²) in [6.45, 7) is 0. The maximum atomic E-state index is 12.0. The van der Waals surface area contributed by atoms with Crippen molar-refractivity contribution in [3.05, 3.63) is 52.5 Å². The minimum absolute atomic E-state index is 0.293. The predicted octanol–water partition coefficient (Wildman–Crippen LogP) is 3.21. The number of benzene rings is 2. The molecule has 120 valence electrons. The summed E-state index contributed by atoms with van der Waals surface area (Å²) >= 11 is 6.34. The summed E-state index contributed by atoms with van der Waals surface area (Å²) in [5, 5.41) is 0.293. The lowest BCUT2D eigenvalue weighted by Gasteiger charge is -2.25. The zero-order valence-corrected chi connectivity index (χ0v) is 13.4. The summed E-state index contributed by atoms with van der Waals surface area (Å²) < 4.78 is 21.3. The normalized spacial score (nSPS) is 15.9. The van der Waals surface area contributed by atoms with Gasteiger partial charge in [-0.3, -0.25) is 0 Å². The summed E-state index contributed by atoms with van der Waals surface area (Å²) in [5.74, 6) is 0.742. The second-order valence-electron chi connectivity index (χ2n) is 4.95. The maximum absolute atomic E-state index is 12.0. The van der Waals surface area contributed by atoms with Crippen molar-refractivity contribution in [1.29, 1.82) is 0 Å². The lowest BCUT2D eigenvalue weighted by molar-refractivity contribution is -0.162. The van der Waals surface area contributed by atoms with Gasteiger partial charge < -0.3 is 18.9 Å². The third-order valence-electron chi connectivity index (χ3n) is 3.57. The van der Waals surface area contributed by atoms with E-state index in [1.165, 1.54) is 14.2 Å². The molecule has 1 aliphatic heterocycles. The summed E-state index contributed by atoms with van der Waals surface area (Å²) in [5.41, 5.74) is 1.76. The van der Waals surface area contributed by atoms with Crippen molar-refractivity contribution in [2.24, 2.45) is 0 Å². The molecule has 0 bridgehead atoms. The first-order valence-electron chi connectivity index (χ1n) is 6.98. The van der Waals surface area contributed by atoms with E-state index in [9.17, 15) is 4.79 Å². The van der Waals surface area contributed by atoms with Gasteiger partial charge >= 0.3 is 12.3 Å². The molecular weight excluding hydrogens is 320 g/mol. The fourth-order valence-electron chi connectivity index (χ4n) is 2.41. The van der Waals surface area contributed by atoms with Gasteiger partial charge in [0.1, 0.15) is 16.5 Å². The fraction of sp³-hybridized carbons (Fsp3) is 0.235. The van der Waals surface area contributed by atoms with Crippen LogP contribution < -0.4 is 14.2 Å². The molecule has 0 aliphatic carbocycles.